The van der Waals surface area contributed by atoms with Gasteiger partial charge in [0.15, 0.2) is 5.76 Å². The number of hydrogen-bond acceptors (Lipinski definition) is 4. The Morgan fingerprint density at radius 1 is 1.10 bits per heavy atom. The monoisotopic (exact) mass is 427 g/mol. The number of carbonyl (C=O) groups excluding carboxylic acids is 1. The molecule has 0 saturated heterocycles. The summed E-state index contributed by atoms with van der Waals surface area (Å²) in [5.74, 6) is -0.211. The quantitative estimate of drug-likeness (QED) is 0.537. The van der Waals surface area contributed by atoms with Crippen molar-refractivity contribution < 1.29 is 22.5 Å². The van der Waals surface area contributed by atoms with Gasteiger partial charge in [-0.15, -0.1) is 0 Å². The van der Waals surface area contributed by atoms with Crippen molar-refractivity contribution in [3.8, 4) is 11.3 Å². The standard InChI is InChI=1S/C23H20F3N3O2/c1-12(2)16-9-19-20(10-17(16)23(24,25)26)28-22(30)11-18(27-19)14-5-4-6-15(8-14)21-7-13(3)29-31-21/h4-10,12H,11H2,1-3H3,(H,28,30). The summed E-state index contributed by atoms with van der Waals surface area (Å²) < 4.78 is 46.0. The average Bonchev–Trinajstić information content (AvgIpc) is 3.06. The fourth-order valence-corrected chi connectivity index (χ4v) is 3.57. The summed E-state index contributed by atoms with van der Waals surface area (Å²) in [4.78, 5) is 17.1. The zero-order valence-electron chi connectivity index (χ0n) is 17.2. The van der Waals surface area contributed by atoms with Crippen LogP contribution in [-0.2, 0) is 11.0 Å². The van der Waals surface area contributed by atoms with Crippen molar-refractivity contribution in [2.75, 3.05) is 5.32 Å². The number of benzene rings is 2. The predicted molar refractivity (Wildman–Crippen MR) is 112 cm³/mol. The lowest BCUT2D eigenvalue weighted by molar-refractivity contribution is -0.138. The van der Waals surface area contributed by atoms with E-state index < -0.39 is 17.6 Å². The summed E-state index contributed by atoms with van der Waals surface area (Å²) in [5.41, 5.74) is 2.38. The molecule has 1 N–H and O–H groups in total. The molecule has 1 amide bonds. The van der Waals surface area contributed by atoms with Gasteiger partial charge in [0.05, 0.1) is 34.8 Å². The van der Waals surface area contributed by atoms with Gasteiger partial charge in [-0.25, -0.2) is 0 Å². The number of amides is 1. The summed E-state index contributed by atoms with van der Waals surface area (Å²) in [6, 6.07) is 11.5. The maximum atomic E-state index is 13.6. The number of anilines is 1. The number of alkyl halides is 3. The normalized spacial score (nSPS) is 14.2. The van der Waals surface area contributed by atoms with E-state index >= 15 is 0 Å². The van der Waals surface area contributed by atoms with Crippen LogP contribution in [0.4, 0.5) is 24.5 Å². The number of nitrogens with one attached hydrogen (secondary N) is 1. The van der Waals surface area contributed by atoms with Gasteiger partial charge in [-0.1, -0.05) is 37.2 Å². The van der Waals surface area contributed by atoms with Crippen molar-refractivity contribution in [3.63, 3.8) is 0 Å². The molecule has 0 atom stereocenters. The van der Waals surface area contributed by atoms with Crippen molar-refractivity contribution >= 4 is 23.0 Å². The Labute approximate surface area is 177 Å². The third kappa shape index (κ3) is 4.23. The molecule has 0 saturated carbocycles. The smallest absolute Gasteiger partial charge is 0.356 e. The number of hydrogen-bond donors (Lipinski definition) is 1. The van der Waals surface area contributed by atoms with Crippen molar-refractivity contribution in [1.82, 2.24) is 5.16 Å². The zero-order chi connectivity index (χ0) is 22.3. The Kier molecular flexibility index (Phi) is 5.16. The van der Waals surface area contributed by atoms with Gasteiger partial charge in [-0.3, -0.25) is 9.79 Å². The number of aryl methyl sites for hydroxylation is 1. The second-order valence-corrected chi connectivity index (χ2v) is 7.81. The highest BCUT2D eigenvalue weighted by Crippen LogP contribution is 2.42. The zero-order valence-corrected chi connectivity index (χ0v) is 17.2. The molecule has 0 radical (unpaired) electrons. The molecule has 31 heavy (non-hydrogen) atoms. The number of halogens is 3. The van der Waals surface area contributed by atoms with E-state index in [0.29, 0.717) is 22.7 Å². The molecule has 1 aromatic heterocycles. The van der Waals surface area contributed by atoms with Crippen LogP contribution in [0.3, 0.4) is 0 Å². The minimum Gasteiger partial charge on any atom is -0.356 e. The van der Waals surface area contributed by atoms with E-state index in [1.54, 1.807) is 32.0 Å². The Morgan fingerprint density at radius 3 is 2.48 bits per heavy atom. The van der Waals surface area contributed by atoms with E-state index in [1.165, 1.54) is 6.07 Å². The predicted octanol–water partition coefficient (Wildman–Crippen LogP) is 6.26. The average molecular weight is 427 g/mol. The molecule has 4 rings (SSSR count). The number of fused-ring (bicyclic) bond motifs is 1. The van der Waals surface area contributed by atoms with E-state index in [9.17, 15) is 18.0 Å². The SMILES string of the molecule is Cc1cc(-c2cccc(C3=Nc4cc(C(C)C)c(C(F)(F)F)cc4NC(=O)C3)c2)on1. The maximum absolute atomic E-state index is 13.6. The van der Waals surface area contributed by atoms with Crippen molar-refractivity contribution in [3.05, 3.63) is 64.8 Å². The molecular formula is C23H20F3N3O2. The van der Waals surface area contributed by atoms with Crippen molar-refractivity contribution in [2.45, 2.75) is 39.3 Å². The number of nitrogens with zero attached hydrogens (tertiary/aromatic N) is 2. The molecule has 5 nitrogen and oxygen atoms in total. The third-order valence-corrected chi connectivity index (χ3v) is 5.06. The highest BCUT2D eigenvalue weighted by molar-refractivity contribution is 6.17. The van der Waals surface area contributed by atoms with Gasteiger partial charge in [-0.2, -0.15) is 13.2 Å². The molecule has 1 aliphatic heterocycles. The third-order valence-electron chi connectivity index (χ3n) is 5.06. The van der Waals surface area contributed by atoms with Gasteiger partial charge in [0.2, 0.25) is 5.91 Å². The van der Waals surface area contributed by atoms with Gasteiger partial charge in [-0.05, 0) is 42.2 Å². The lowest BCUT2D eigenvalue weighted by atomic mass is 9.95. The molecule has 0 unspecified atom stereocenters. The Balaban J connectivity index is 1.83. The molecule has 2 aromatic carbocycles. The van der Waals surface area contributed by atoms with E-state index in [1.807, 2.05) is 19.1 Å². The number of aromatic nitrogens is 1. The minimum atomic E-state index is -4.53. The summed E-state index contributed by atoms with van der Waals surface area (Å²) in [5, 5.41) is 6.45. The molecule has 0 fully saturated rings. The van der Waals surface area contributed by atoms with Crippen LogP contribution in [0.1, 0.15) is 48.6 Å². The lowest BCUT2D eigenvalue weighted by Gasteiger charge is -2.18. The molecule has 1 aliphatic rings. The second kappa shape index (κ2) is 7.68. The number of rotatable bonds is 3. The fourth-order valence-electron chi connectivity index (χ4n) is 3.57. The molecule has 0 bridgehead atoms. The number of carbonyl (C=O) groups is 1. The highest BCUT2D eigenvalue weighted by atomic mass is 19.4. The van der Waals surface area contributed by atoms with Crippen molar-refractivity contribution in [1.29, 1.82) is 0 Å². The lowest BCUT2D eigenvalue weighted by Crippen LogP contribution is -2.16. The maximum Gasteiger partial charge on any atom is 0.416 e. The summed E-state index contributed by atoms with van der Waals surface area (Å²) in [6.07, 6.45) is -4.59. The summed E-state index contributed by atoms with van der Waals surface area (Å²) >= 11 is 0. The van der Waals surface area contributed by atoms with Gasteiger partial charge < -0.3 is 9.84 Å². The van der Waals surface area contributed by atoms with Gasteiger partial charge in [0, 0.05) is 11.6 Å². The van der Waals surface area contributed by atoms with Crippen LogP contribution in [0.15, 0.2) is 52.0 Å². The second-order valence-electron chi connectivity index (χ2n) is 7.81. The first-order valence-corrected chi connectivity index (χ1v) is 9.78. The van der Waals surface area contributed by atoms with E-state index in [4.69, 9.17) is 4.52 Å². The first-order valence-electron chi connectivity index (χ1n) is 9.78. The first kappa shape index (κ1) is 20.8. The topological polar surface area (TPSA) is 67.5 Å². The molecule has 0 spiro atoms. The number of aliphatic imine (C=N–C) groups is 1. The van der Waals surface area contributed by atoms with Crippen LogP contribution in [-0.4, -0.2) is 16.8 Å². The largest absolute Gasteiger partial charge is 0.416 e. The van der Waals surface area contributed by atoms with Crippen LogP contribution in [0.2, 0.25) is 0 Å². The summed E-state index contributed by atoms with van der Waals surface area (Å²) in [6.45, 7) is 5.20. The Hall–Kier alpha value is -3.42. The minimum absolute atomic E-state index is 0.0544. The van der Waals surface area contributed by atoms with Crippen LogP contribution < -0.4 is 5.32 Å². The van der Waals surface area contributed by atoms with E-state index in [2.05, 4.69) is 15.5 Å². The van der Waals surface area contributed by atoms with Crippen molar-refractivity contribution in [2.24, 2.45) is 4.99 Å². The van der Waals surface area contributed by atoms with Crippen LogP contribution in [0, 0.1) is 6.92 Å². The molecule has 8 heteroatoms. The molecule has 0 aliphatic carbocycles. The Bertz CT molecular complexity index is 1190. The van der Waals surface area contributed by atoms with Gasteiger partial charge in [0.25, 0.3) is 0 Å². The van der Waals surface area contributed by atoms with Crippen LogP contribution in [0.25, 0.3) is 11.3 Å². The molecular weight excluding hydrogens is 407 g/mol. The van der Waals surface area contributed by atoms with E-state index in [0.717, 1.165) is 17.3 Å². The van der Waals surface area contributed by atoms with Crippen LogP contribution in [0.5, 0.6) is 0 Å². The molecule has 3 aromatic rings. The highest BCUT2D eigenvalue weighted by Gasteiger charge is 2.35. The van der Waals surface area contributed by atoms with Gasteiger partial charge >= 0.3 is 6.18 Å². The first-order chi connectivity index (χ1) is 14.6. The summed E-state index contributed by atoms with van der Waals surface area (Å²) in [7, 11) is 0. The van der Waals surface area contributed by atoms with Crippen LogP contribution >= 0.6 is 0 Å². The Morgan fingerprint density at radius 2 is 1.84 bits per heavy atom. The van der Waals surface area contributed by atoms with Gasteiger partial charge in [0.1, 0.15) is 0 Å². The fraction of sp³-hybridized carbons (Fsp3) is 0.261. The molecule has 2 heterocycles. The van der Waals surface area contributed by atoms with E-state index in [-0.39, 0.29) is 23.6 Å². The molecule has 160 valence electrons.